The van der Waals surface area contributed by atoms with E-state index in [4.69, 9.17) is 0 Å². The van der Waals surface area contributed by atoms with Crippen LogP contribution in [0, 0.1) is 5.92 Å². The molecule has 1 aliphatic heterocycles. The summed E-state index contributed by atoms with van der Waals surface area (Å²) in [6.07, 6.45) is 4.42. The number of likely N-dealkylation sites (tertiary alicyclic amines) is 1. The Balaban J connectivity index is 2.76. The van der Waals surface area contributed by atoms with E-state index in [2.05, 4.69) is 11.9 Å². The molecule has 0 spiro atoms. The molecule has 0 N–H and O–H groups in total. The molecule has 0 saturated carbocycles. The highest BCUT2D eigenvalue weighted by Crippen LogP contribution is 2.17. The van der Waals surface area contributed by atoms with Gasteiger partial charge in [0.1, 0.15) is 5.84 Å². The van der Waals surface area contributed by atoms with Gasteiger partial charge in [-0.2, -0.15) is 0 Å². The summed E-state index contributed by atoms with van der Waals surface area (Å²) in [7, 11) is 1.71. The lowest BCUT2D eigenvalue weighted by Crippen LogP contribution is -2.30. The van der Waals surface area contributed by atoms with Crippen LogP contribution in [0.15, 0.2) is 17.1 Å². The minimum atomic E-state index is 0.186. The Morgan fingerprint density at radius 2 is 2.38 bits per heavy atom. The van der Waals surface area contributed by atoms with Crippen LogP contribution >= 0.6 is 0 Å². The number of allylic oxidation sites excluding steroid dienone is 1. The van der Waals surface area contributed by atoms with E-state index >= 15 is 0 Å². The van der Waals surface area contributed by atoms with Crippen LogP contribution in [0.25, 0.3) is 0 Å². The van der Waals surface area contributed by atoms with Crippen LogP contribution in [0.4, 0.5) is 0 Å². The Hall–Kier alpha value is -1.12. The topological polar surface area (TPSA) is 32.7 Å². The van der Waals surface area contributed by atoms with Crippen molar-refractivity contribution >= 4 is 11.7 Å². The molecule has 0 radical (unpaired) electrons. The third kappa shape index (κ3) is 2.17. The first kappa shape index (κ1) is 9.96. The van der Waals surface area contributed by atoms with E-state index in [1.165, 1.54) is 0 Å². The molecule has 3 nitrogen and oxygen atoms in total. The molecule has 72 valence electrons. The third-order valence-corrected chi connectivity index (χ3v) is 2.14. The smallest absolute Gasteiger partial charge is 0.228 e. The lowest BCUT2D eigenvalue weighted by molar-refractivity contribution is -0.124. The van der Waals surface area contributed by atoms with E-state index in [0.717, 1.165) is 12.4 Å². The van der Waals surface area contributed by atoms with Crippen molar-refractivity contribution < 1.29 is 4.79 Å². The Labute approximate surface area is 79.1 Å². The Morgan fingerprint density at radius 3 is 2.77 bits per heavy atom. The summed E-state index contributed by atoms with van der Waals surface area (Å²) in [5, 5.41) is 0. The number of hydrogen-bond donors (Lipinski definition) is 0. The van der Waals surface area contributed by atoms with E-state index in [1.54, 1.807) is 11.9 Å². The van der Waals surface area contributed by atoms with Gasteiger partial charge in [0.15, 0.2) is 0 Å². The predicted octanol–water partition coefficient (Wildman–Crippen LogP) is 1.46. The van der Waals surface area contributed by atoms with Gasteiger partial charge in [0.05, 0.1) is 0 Å². The van der Waals surface area contributed by atoms with Crippen LogP contribution < -0.4 is 0 Å². The molecule has 1 amide bonds. The maximum absolute atomic E-state index is 11.5. The quantitative estimate of drug-likeness (QED) is 0.444. The summed E-state index contributed by atoms with van der Waals surface area (Å²) in [6.45, 7) is 4.81. The second-order valence-electron chi connectivity index (χ2n) is 3.40. The third-order valence-electron chi connectivity index (χ3n) is 2.14. The van der Waals surface area contributed by atoms with Gasteiger partial charge in [-0.15, -0.1) is 0 Å². The van der Waals surface area contributed by atoms with Gasteiger partial charge >= 0.3 is 0 Å². The van der Waals surface area contributed by atoms with E-state index in [0.29, 0.717) is 12.3 Å². The van der Waals surface area contributed by atoms with Crippen molar-refractivity contribution in [2.24, 2.45) is 10.9 Å². The second-order valence-corrected chi connectivity index (χ2v) is 3.40. The standard InChI is InChI=1S/C10H16N2O/c1-4-5-9(11-3)12-7-8(2)6-10(12)13/h4-5,8H,6-7H2,1-3H3/b5-4-,11-9+. The SMILES string of the molecule is C/C=C\C(=N/C)N1CC(C)CC1=O. The highest BCUT2D eigenvalue weighted by Gasteiger charge is 2.28. The largest absolute Gasteiger partial charge is 0.297 e. The average molecular weight is 180 g/mol. The van der Waals surface area contributed by atoms with Gasteiger partial charge in [-0.25, -0.2) is 0 Å². The monoisotopic (exact) mass is 180 g/mol. The zero-order chi connectivity index (χ0) is 9.84. The molecule has 3 heteroatoms. The van der Waals surface area contributed by atoms with Crippen LogP contribution in [0.2, 0.25) is 0 Å². The average Bonchev–Trinajstić information content (AvgIpc) is 2.41. The summed E-state index contributed by atoms with van der Waals surface area (Å²) in [5.74, 6) is 1.41. The van der Waals surface area contributed by atoms with Crippen molar-refractivity contribution in [2.45, 2.75) is 20.3 Å². The van der Waals surface area contributed by atoms with Gasteiger partial charge in [0.25, 0.3) is 0 Å². The number of rotatable bonds is 1. The number of aliphatic imine (C=N–C) groups is 1. The van der Waals surface area contributed by atoms with Gasteiger partial charge in [0.2, 0.25) is 5.91 Å². The van der Waals surface area contributed by atoms with Gasteiger partial charge in [-0.3, -0.25) is 14.7 Å². The Bertz CT molecular complexity index is 256. The van der Waals surface area contributed by atoms with Crippen molar-refractivity contribution in [1.29, 1.82) is 0 Å². The number of amidine groups is 1. The molecular formula is C10H16N2O. The Morgan fingerprint density at radius 1 is 1.69 bits per heavy atom. The summed E-state index contributed by atoms with van der Waals surface area (Å²) in [4.78, 5) is 17.3. The lowest BCUT2D eigenvalue weighted by atomic mass is 10.2. The van der Waals surface area contributed by atoms with Crippen LogP contribution in [0.3, 0.4) is 0 Å². The first-order chi connectivity index (χ1) is 6.19. The van der Waals surface area contributed by atoms with Gasteiger partial charge in [0, 0.05) is 20.0 Å². The van der Waals surface area contributed by atoms with E-state index in [1.807, 2.05) is 19.1 Å². The molecule has 13 heavy (non-hydrogen) atoms. The predicted molar refractivity (Wildman–Crippen MR) is 53.7 cm³/mol. The Kier molecular flexibility index (Phi) is 3.23. The van der Waals surface area contributed by atoms with Crippen LogP contribution in [-0.2, 0) is 4.79 Å². The molecule has 1 aliphatic rings. The zero-order valence-electron chi connectivity index (χ0n) is 8.45. The first-order valence-electron chi connectivity index (χ1n) is 4.59. The highest BCUT2D eigenvalue weighted by molar-refractivity contribution is 6.05. The van der Waals surface area contributed by atoms with E-state index in [-0.39, 0.29) is 5.91 Å². The molecule has 1 saturated heterocycles. The minimum absolute atomic E-state index is 0.186. The molecule has 1 rings (SSSR count). The molecule has 0 aromatic rings. The molecule has 0 aliphatic carbocycles. The number of hydrogen-bond acceptors (Lipinski definition) is 2. The molecule has 1 unspecified atom stereocenters. The van der Waals surface area contributed by atoms with Gasteiger partial charge < -0.3 is 0 Å². The molecule has 1 heterocycles. The minimum Gasteiger partial charge on any atom is -0.297 e. The number of carbonyl (C=O) groups excluding carboxylic acids is 1. The van der Waals surface area contributed by atoms with Crippen molar-refractivity contribution in [2.75, 3.05) is 13.6 Å². The summed E-state index contributed by atoms with van der Waals surface area (Å²) < 4.78 is 0. The molecule has 0 aromatic heterocycles. The van der Waals surface area contributed by atoms with Gasteiger partial charge in [-0.1, -0.05) is 13.0 Å². The summed E-state index contributed by atoms with van der Waals surface area (Å²) >= 11 is 0. The molecule has 0 bridgehead atoms. The lowest BCUT2D eigenvalue weighted by Gasteiger charge is -2.15. The zero-order valence-corrected chi connectivity index (χ0v) is 8.45. The fraction of sp³-hybridized carbons (Fsp3) is 0.600. The number of amides is 1. The number of carbonyl (C=O) groups is 1. The van der Waals surface area contributed by atoms with E-state index < -0.39 is 0 Å². The fourth-order valence-corrected chi connectivity index (χ4v) is 1.54. The fourth-order valence-electron chi connectivity index (χ4n) is 1.54. The molecule has 0 aromatic carbocycles. The maximum Gasteiger partial charge on any atom is 0.228 e. The van der Waals surface area contributed by atoms with Gasteiger partial charge in [-0.05, 0) is 18.9 Å². The summed E-state index contributed by atoms with van der Waals surface area (Å²) in [6, 6.07) is 0. The van der Waals surface area contributed by atoms with Crippen LogP contribution in [-0.4, -0.2) is 30.2 Å². The van der Waals surface area contributed by atoms with Crippen molar-refractivity contribution in [3.05, 3.63) is 12.2 Å². The van der Waals surface area contributed by atoms with Crippen LogP contribution in [0.1, 0.15) is 20.3 Å². The first-order valence-corrected chi connectivity index (χ1v) is 4.59. The van der Waals surface area contributed by atoms with Crippen molar-refractivity contribution in [3.63, 3.8) is 0 Å². The maximum atomic E-state index is 11.5. The number of nitrogens with zero attached hydrogens (tertiary/aromatic N) is 2. The van der Waals surface area contributed by atoms with E-state index in [9.17, 15) is 4.79 Å². The normalized spacial score (nSPS) is 24.8. The second kappa shape index (κ2) is 4.21. The van der Waals surface area contributed by atoms with Crippen molar-refractivity contribution in [3.8, 4) is 0 Å². The summed E-state index contributed by atoms with van der Waals surface area (Å²) in [5.41, 5.74) is 0. The van der Waals surface area contributed by atoms with Crippen molar-refractivity contribution in [1.82, 2.24) is 4.90 Å². The molecular weight excluding hydrogens is 164 g/mol. The molecule has 1 fully saturated rings. The highest BCUT2D eigenvalue weighted by atomic mass is 16.2. The molecule has 1 atom stereocenters. The van der Waals surface area contributed by atoms with Crippen LogP contribution in [0.5, 0.6) is 0 Å².